The molecule has 2 aliphatic heterocycles. The van der Waals surface area contributed by atoms with Crippen molar-refractivity contribution in [2.24, 2.45) is 0 Å². The summed E-state index contributed by atoms with van der Waals surface area (Å²) in [6.45, 7) is 5.18. The lowest BCUT2D eigenvalue weighted by atomic mass is 10.1. The maximum atomic E-state index is 13.3. The van der Waals surface area contributed by atoms with E-state index < -0.39 is 0 Å². The van der Waals surface area contributed by atoms with Gasteiger partial charge in [0.05, 0.1) is 0 Å². The molecular formula is C18H23N5OS. The average Bonchev–Trinajstić information content (AvgIpc) is 3.37. The number of piperazine rings is 1. The summed E-state index contributed by atoms with van der Waals surface area (Å²) in [5.74, 6) is 0.216. The summed E-state index contributed by atoms with van der Waals surface area (Å²) in [5, 5.41) is 3.05. The number of carbonyl (C=O) groups is 1. The van der Waals surface area contributed by atoms with Crippen molar-refractivity contribution >= 4 is 22.4 Å². The second-order valence-corrected chi connectivity index (χ2v) is 7.43. The van der Waals surface area contributed by atoms with Crippen molar-refractivity contribution in [3.8, 4) is 0 Å². The smallest absolute Gasteiger partial charge is 0.244 e. The lowest BCUT2D eigenvalue weighted by Gasteiger charge is -2.38. The molecule has 2 aromatic heterocycles. The van der Waals surface area contributed by atoms with Gasteiger partial charge in [0.2, 0.25) is 5.91 Å². The maximum Gasteiger partial charge on any atom is 0.244 e. The van der Waals surface area contributed by atoms with Crippen molar-refractivity contribution in [3.63, 3.8) is 0 Å². The number of thiazole rings is 1. The molecule has 0 bridgehead atoms. The molecule has 2 saturated heterocycles. The number of pyridine rings is 1. The Kier molecular flexibility index (Phi) is 4.94. The van der Waals surface area contributed by atoms with Gasteiger partial charge in [0, 0.05) is 50.1 Å². The van der Waals surface area contributed by atoms with Crippen molar-refractivity contribution in [1.82, 2.24) is 19.8 Å². The van der Waals surface area contributed by atoms with Gasteiger partial charge in [-0.15, -0.1) is 11.3 Å². The zero-order chi connectivity index (χ0) is 17.1. The molecular weight excluding hydrogens is 334 g/mol. The molecule has 4 rings (SSSR count). The van der Waals surface area contributed by atoms with Crippen molar-refractivity contribution in [2.45, 2.75) is 18.9 Å². The highest BCUT2D eigenvalue weighted by Crippen LogP contribution is 2.28. The van der Waals surface area contributed by atoms with Gasteiger partial charge >= 0.3 is 0 Å². The van der Waals surface area contributed by atoms with Gasteiger partial charge in [-0.25, -0.2) is 4.98 Å². The number of hydrogen-bond donors (Lipinski definition) is 0. The van der Waals surface area contributed by atoms with Crippen LogP contribution in [0.4, 0.5) is 5.13 Å². The monoisotopic (exact) mass is 357 g/mol. The molecule has 132 valence electrons. The SMILES string of the molecule is O=C([C@H](c1cccnc1)N1CCCC1)N1CCN(c2nccs2)CC1. The van der Waals surface area contributed by atoms with E-state index >= 15 is 0 Å². The normalized spacial score (nSPS) is 20.0. The number of anilines is 1. The molecule has 0 aliphatic carbocycles. The first kappa shape index (κ1) is 16.5. The number of likely N-dealkylation sites (tertiary alicyclic amines) is 1. The third-order valence-electron chi connectivity index (χ3n) is 5.02. The fourth-order valence-electron chi connectivity index (χ4n) is 3.71. The molecule has 2 fully saturated rings. The standard InChI is InChI=1S/C18H23N5OS/c24-17(22-9-11-23(12-10-22)18-20-6-13-25-18)16(21-7-1-2-8-21)15-4-3-5-19-14-15/h3-6,13-14,16H,1-2,7-12H2/t16-/m0/s1. The topological polar surface area (TPSA) is 52.6 Å². The summed E-state index contributed by atoms with van der Waals surface area (Å²) >= 11 is 1.66. The van der Waals surface area contributed by atoms with Crippen LogP contribution in [0.1, 0.15) is 24.4 Å². The number of carbonyl (C=O) groups excluding carboxylic acids is 1. The summed E-state index contributed by atoms with van der Waals surface area (Å²) in [4.78, 5) is 28.5. The van der Waals surface area contributed by atoms with E-state index in [-0.39, 0.29) is 11.9 Å². The lowest BCUT2D eigenvalue weighted by Crippen LogP contribution is -2.52. The maximum absolute atomic E-state index is 13.3. The van der Waals surface area contributed by atoms with Crippen LogP contribution in [0.25, 0.3) is 0 Å². The molecule has 0 saturated carbocycles. The Morgan fingerprint density at radius 3 is 2.52 bits per heavy atom. The van der Waals surface area contributed by atoms with E-state index in [9.17, 15) is 4.79 Å². The molecule has 0 aromatic carbocycles. The molecule has 0 N–H and O–H groups in total. The number of amides is 1. The number of rotatable bonds is 4. The van der Waals surface area contributed by atoms with Crippen LogP contribution in [0, 0.1) is 0 Å². The van der Waals surface area contributed by atoms with Crippen LogP contribution in [-0.4, -0.2) is 64.9 Å². The first-order valence-corrected chi connectivity index (χ1v) is 9.78. The van der Waals surface area contributed by atoms with E-state index in [2.05, 4.69) is 19.8 Å². The van der Waals surface area contributed by atoms with Gasteiger partial charge in [0.1, 0.15) is 6.04 Å². The van der Waals surface area contributed by atoms with Crippen molar-refractivity contribution in [2.75, 3.05) is 44.2 Å². The second-order valence-electron chi connectivity index (χ2n) is 6.56. The summed E-state index contributed by atoms with van der Waals surface area (Å²) < 4.78 is 0. The third-order valence-corrected chi connectivity index (χ3v) is 5.85. The van der Waals surface area contributed by atoms with Crippen LogP contribution in [0.15, 0.2) is 36.1 Å². The van der Waals surface area contributed by atoms with Crippen LogP contribution < -0.4 is 4.90 Å². The van der Waals surface area contributed by atoms with E-state index in [1.165, 1.54) is 12.8 Å². The van der Waals surface area contributed by atoms with Crippen LogP contribution >= 0.6 is 11.3 Å². The second kappa shape index (κ2) is 7.49. The van der Waals surface area contributed by atoms with E-state index in [1.54, 1.807) is 17.5 Å². The quantitative estimate of drug-likeness (QED) is 0.838. The summed E-state index contributed by atoms with van der Waals surface area (Å²) in [5.41, 5.74) is 1.01. The zero-order valence-corrected chi connectivity index (χ0v) is 15.1. The van der Waals surface area contributed by atoms with Crippen molar-refractivity contribution in [3.05, 3.63) is 41.7 Å². The average molecular weight is 357 g/mol. The molecule has 0 spiro atoms. The molecule has 2 aliphatic rings. The van der Waals surface area contributed by atoms with Gasteiger partial charge in [-0.2, -0.15) is 0 Å². The Morgan fingerprint density at radius 2 is 1.88 bits per heavy atom. The van der Waals surface area contributed by atoms with Gasteiger partial charge in [-0.05, 0) is 37.6 Å². The summed E-state index contributed by atoms with van der Waals surface area (Å²) in [6.07, 6.45) is 7.78. The van der Waals surface area contributed by atoms with E-state index in [1.807, 2.05) is 34.8 Å². The fraction of sp³-hybridized carbons (Fsp3) is 0.500. The van der Waals surface area contributed by atoms with Gasteiger partial charge in [-0.1, -0.05) is 6.07 Å². The lowest BCUT2D eigenvalue weighted by molar-refractivity contribution is -0.137. The Labute approximate surface area is 152 Å². The third kappa shape index (κ3) is 3.52. The first-order chi connectivity index (χ1) is 12.3. The van der Waals surface area contributed by atoms with Crippen LogP contribution in [-0.2, 0) is 4.79 Å². The Bertz CT molecular complexity index is 679. The van der Waals surface area contributed by atoms with Gasteiger partial charge in [0.25, 0.3) is 0 Å². The van der Waals surface area contributed by atoms with E-state index in [4.69, 9.17) is 0 Å². The van der Waals surface area contributed by atoms with Gasteiger partial charge in [0.15, 0.2) is 5.13 Å². The number of nitrogens with zero attached hydrogens (tertiary/aromatic N) is 5. The van der Waals surface area contributed by atoms with Gasteiger partial charge < -0.3 is 9.80 Å². The fourth-order valence-corrected chi connectivity index (χ4v) is 4.41. The minimum absolute atomic E-state index is 0.192. The van der Waals surface area contributed by atoms with Crippen LogP contribution in [0.3, 0.4) is 0 Å². The van der Waals surface area contributed by atoms with E-state index in [0.717, 1.165) is 50.0 Å². The molecule has 1 amide bonds. The summed E-state index contributed by atoms with van der Waals surface area (Å²) in [7, 11) is 0. The Hall–Kier alpha value is -1.99. The predicted molar refractivity (Wildman–Crippen MR) is 98.7 cm³/mol. The van der Waals surface area contributed by atoms with Crippen molar-refractivity contribution in [1.29, 1.82) is 0 Å². The first-order valence-electron chi connectivity index (χ1n) is 8.90. The molecule has 0 unspecified atom stereocenters. The van der Waals surface area contributed by atoms with E-state index in [0.29, 0.717) is 0 Å². The van der Waals surface area contributed by atoms with Gasteiger partial charge in [-0.3, -0.25) is 14.7 Å². The van der Waals surface area contributed by atoms with Crippen LogP contribution in [0.5, 0.6) is 0 Å². The minimum Gasteiger partial charge on any atom is -0.345 e. The molecule has 25 heavy (non-hydrogen) atoms. The molecule has 0 radical (unpaired) electrons. The minimum atomic E-state index is -0.192. The summed E-state index contributed by atoms with van der Waals surface area (Å²) in [6, 6.07) is 3.76. The molecule has 7 heteroatoms. The largest absolute Gasteiger partial charge is 0.345 e. The molecule has 1 atom stereocenters. The molecule has 4 heterocycles. The highest BCUT2D eigenvalue weighted by atomic mass is 32.1. The predicted octanol–water partition coefficient (Wildman–Crippen LogP) is 2.02. The zero-order valence-electron chi connectivity index (χ0n) is 14.3. The number of hydrogen-bond acceptors (Lipinski definition) is 6. The highest BCUT2D eigenvalue weighted by Gasteiger charge is 2.34. The highest BCUT2D eigenvalue weighted by molar-refractivity contribution is 7.13. The Morgan fingerprint density at radius 1 is 1.08 bits per heavy atom. The van der Waals surface area contributed by atoms with Crippen molar-refractivity contribution < 1.29 is 4.79 Å². The molecule has 2 aromatic rings. The molecule has 6 nitrogen and oxygen atoms in total. The van der Waals surface area contributed by atoms with Crippen LogP contribution in [0.2, 0.25) is 0 Å². The number of aromatic nitrogens is 2. The Balaban J connectivity index is 1.47.